The van der Waals surface area contributed by atoms with Crippen LogP contribution in [0.25, 0.3) is 0 Å². The molecular weight excluding hydrogens is 224 g/mol. The second kappa shape index (κ2) is 4.90. The van der Waals surface area contributed by atoms with Crippen LogP contribution in [0.3, 0.4) is 0 Å². The summed E-state index contributed by atoms with van der Waals surface area (Å²) in [6.07, 6.45) is 5.49. The van der Waals surface area contributed by atoms with E-state index in [9.17, 15) is 4.79 Å². The number of nitrogens with zero attached hydrogens (tertiary/aromatic N) is 5. The number of nitrogen functional groups attached to an aromatic ring is 1. The second-order valence-corrected chi connectivity index (χ2v) is 2.85. The van der Waals surface area contributed by atoms with Gasteiger partial charge in [-0.05, 0) is 0 Å². The Kier molecular flexibility index (Phi) is 3.12. The minimum absolute atomic E-state index is 0.0883. The van der Waals surface area contributed by atoms with Gasteiger partial charge in [0.2, 0.25) is 5.95 Å². The van der Waals surface area contributed by atoms with Crippen molar-refractivity contribution in [3.8, 4) is 0 Å². The summed E-state index contributed by atoms with van der Waals surface area (Å²) in [5, 5.41) is 9.59. The van der Waals surface area contributed by atoms with Gasteiger partial charge in [0.25, 0.3) is 5.91 Å². The fourth-order valence-electron chi connectivity index (χ4n) is 1.02. The summed E-state index contributed by atoms with van der Waals surface area (Å²) < 4.78 is 0. The lowest BCUT2D eigenvalue weighted by atomic mass is 10.4. The number of carbonyl (C=O) groups excluding carboxylic acids is 1. The molecule has 0 spiro atoms. The first-order valence-corrected chi connectivity index (χ1v) is 4.53. The van der Waals surface area contributed by atoms with E-state index in [-0.39, 0.29) is 17.5 Å². The fraction of sp³-hybridized carbons (Fsp3) is 0. The minimum atomic E-state index is -0.498. The molecule has 0 aromatic carbocycles. The van der Waals surface area contributed by atoms with E-state index in [4.69, 9.17) is 5.84 Å². The summed E-state index contributed by atoms with van der Waals surface area (Å²) in [6, 6.07) is 0. The van der Waals surface area contributed by atoms with Crippen LogP contribution < -0.4 is 16.6 Å². The van der Waals surface area contributed by atoms with Crippen LogP contribution >= 0.6 is 0 Å². The molecule has 0 radical (unpaired) electrons. The first-order chi connectivity index (χ1) is 8.29. The van der Waals surface area contributed by atoms with Crippen LogP contribution in [0, 0.1) is 0 Å². The summed E-state index contributed by atoms with van der Waals surface area (Å²) in [4.78, 5) is 23.2. The molecule has 0 aliphatic heterocycles. The molecule has 1 amide bonds. The molecule has 0 unspecified atom stereocenters. The van der Waals surface area contributed by atoms with Gasteiger partial charge in [0.1, 0.15) is 5.69 Å². The highest BCUT2D eigenvalue weighted by Crippen LogP contribution is 2.02. The van der Waals surface area contributed by atoms with E-state index in [2.05, 4.69) is 35.9 Å². The van der Waals surface area contributed by atoms with Crippen LogP contribution in [0.2, 0.25) is 0 Å². The van der Waals surface area contributed by atoms with Crippen molar-refractivity contribution in [1.29, 1.82) is 0 Å². The van der Waals surface area contributed by atoms with E-state index in [1.54, 1.807) is 0 Å². The Morgan fingerprint density at radius 3 is 2.88 bits per heavy atom. The van der Waals surface area contributed by atoms with Crippen molar-refractivity contribution < 1.29 is 4.79 Å². The normalized spacial score (nSPS) is 9.71. The van der Waals surface area contributed by atoms with Gasteiger partial charge in [0.05, 0.1) is 24.8 Å². The van der Waals surface area contributed by atoms with Crippen molar-refractivity contribution in [2.45, 2.75) is 0 Å². The zero-order chi connectivity index (χ0) is 12.1. The monoisotopic (exact) mass is 232 g/mol. The van der Waals surface area contributed by atoms with Crippen molar-refractivity contribution in [1.82, 2.24) is 25.1 Å². The van der Waals surface area contributed by atoms with E-state index < -0.39 is 5.91 Å². The van der Waals surface area contributed by atoms with Crippen LogP contribution in [0.1, 0.15) is 10.5 Å². The van der Waals surface area contributed by atoms with E-state index >= 15 is 0 Å². The van der Waals surface area contributed by atoms with E-state index in [0.29, 0.717) is 0 Å². The molecule has 0 atom stereocenters. The lowest BCUT2D eigenvalue weighted by Crippen LogP contribution is -2.18. The molecular formula is C8H8N8O. The molecule has 4 N–H and O–H groups in total. The SMILES string of the molecule is NNc1cncc(C(=O)Nc2nccnn2)n1. The van der Waals surface area contributed by atoms with E-state index in [1.807, 2.05) is 0 Å². The molecule has 0 aliphatic rings. The van der Waals surface area contributed by atoms with Crippen molar-refractivity contribution in [2.24, 2.45) is 5.84 Å². The number of hydrogen-bond acceptors (Lipinski definition) is 8. The molecule has 2 heterocycles. The van der Waals surface area contributed by atoms with Crippen LogP contribution in [-0.2, 0) is 0 Å². The molecule has 2 aromatic heterocycles. The maximum atomic E-state index is 11.7. The Labute approximate surface area is 95.5 Å². The van der Waals surface area contributed by atoms with Crippen LogP contribution in [0.15, 0.2) is 24.8 Å². The van der Waals surface area contributed by atoms with Gasteiger partial charge in [0.15, 0.2) is 5.82 Å². The molecule has 0 aliphatic carbocycles. The molecule has 2 rings (SSSR count). The van der Waals surface area contributed by atoms with Gasteiger partial charge >= 0.3 is 0 Å². The summed E-state index contributed by atoms with van der Waals surface area (Å²) >= 11 is 0. The molecule has 86 valence electrons. The highest BCUT2D eigenvalue weighted by Gasteiger charge is 2.10. The van der Waals surface area contributed by atoms with Crippen molar-refractivity contribution in [2.75, 3.05) is 10.7 Å². The zero-order valence-corrected chi connectivity index (χ0v) is 8.53. The number of carbonyl (C=O) groups is 1. The molecule has 0 fully saturated rings. The molecule has 0 saturated heterocycles. The summed E-state index contributed by atoms with van der Waals surface area (Å²) in [7, 11) is 0. The number of hydrazine groups is 1. The lowest BCUT2D eigenvalue weighted by Gasteiger charge is -2.03. The van der Waals surface area contributed by atoms with Crippen molar-refractivity contribution in [3.63, 3.8) is 0 Å². The Bertz CT molecular complexity index is 516. The van der Waals surface area contributed by atoms with Crippen LogP contribution in [0.4, 0.5) is 11.8 Å². The van der Waals surface area contributed by atoms with Crippen LogP contribution in [-0.4, -0.2) is 31.1 Å². The second-order valence-electron chi connectivity index (χ2n) is 2.85. The number of amides is 1. The van der Waals surface area contributed by atoms with Gasteiger partial charge in [0, 0.05) is 0 Å². The third-order valence-corrected chi connectivity index (χ3v) is 1.72. The van der Waals surface area contributed by atoms with Gasteiger partial charge in [-0.25, -0.2) is 15.8 Å². The first kappa shape index (κ1) is 10.8. The average Bonchev–Trinajstić information content (AvgIpc) is 2.40. The maximum Gasteiger partial charge on any atom is 0.278 e. The molecule has 9 heteroatoms. The average molecular weight is 232 g/mol. The molecule has 0 saturated carbocycles. The standard InChI is InChI=1S/C8H8N8O/c9-15-6-4-10-3-5(13-6)7(17)14-8-11-1-2-12-16-8/h1-4H,9H2,(H,13,15)(H,11,14,16,17). The first-order valence-electron chi connectivity index (χ1n) is 4.53. The summed E-state index contributed by atoms with van der Waals surface area (Å²) in [6.45, 7) is 0. The summed E-state index contributed by atoms with van der Waals surface area (Å²) in [5.74, 6) is 5.03. The minimum Gasteiger partial charge on any atom is -0.307 e. The largest absolute Gasteiger partial charge is 0.307 e. The predicted octanol–water partition coefficient (Wildman–Crippen LogP) is -0.801. The number of aromatic nitrogens is 5. The number of anilines is 2. The zero-order valence-electron chi connectivity index (χ0n) is 8.53. The number of rotatable bonds is 3. The Morgan fingerprint density at radius 1 is 1.29 bits per heavy atom. The van der Waals surface area contributed by atoms with Gasteiger partial charge in [-0.15, -0.1) is 5.10 Å². The highest BCUT2D eigenvalue weighted by atomic mass is 16.2. The molecule has 0 bridgehead atoms. The van der Waals surface area contributed by atoms with Gasteiger partial charge in [-0.1, -0.05) is 0 Å². The Balaban J connectivity index is 2.14. The van der Waals surface area contributed by atoms with Crippen molar-refractivity contribution in [3.05, 3.63) is 30.5 Å². The fourth-order valence-corrected chi connectivity index (χ4v) is 1.02. The predicted molar refractivity (Wildman–Crippen MR) is 57.6 cm³/mol. The number of hydrogen-bond donors (Lipinski definition) is 3. The smallest absolute Gasteiger partial charge is 0.278 e. The maximum absolute atomic E-state index is 11.7. The Morgan fingerprint density at radius 2 is 2.18 bits per heavy atom. The third kappa shape index (κ3) is 2.66. The lowest BCUT2D eigenvalue weighted by molar-refractivity contribution is 0.102. The molecule has 9 nitrogen and oxygen atoms in total. The van der Waals surface area contributed by atoms with Gasteiger partial charge in [-0.2, -0.15) is 5.10 Å². The van der Waals surface area contributed by atoms with Gasteiger partial charge < -0.3 is 5.43 Å². The van der Waals surface area contributed by atoms with Crippen LogP contribution in [0.5, 0.6) is 0 Å². The third-order valence-electron chi connectivity index (χ3n) is 1.72. The number of nitrogens with one attached hydrogen (secondary N) is 2. The van der Waals surface area contributed by atoms with E-state index in [1.165, 1.54) is 24.8 Å². The van der Waals surface area contributed by atoms with E-state index in [0.717, 1.165) is 0 Å². The quantitative estimate of drug-likeness (QED) is 0.463. The van der Waals surface area contributed by atoms with Gasteiger partial charge in [-0.3, -0.25) is 15.1 Å². The molecule has 17 heavy (non-hydrogen) atoms. The molecule has 2 aromatic rings. The Hall–Kier alpha value is -2.68. The summed E-state index contributed by atoms with van der Waals surface area (Å²) in [5.41, 5.74) is 2.38. The van der Waals surface area contributed by atoms with Crippen molar-refractivity contribution >= 4 is 17.7 Å². The number of nitrogens with two attached hydrogens (primary N) is 1. The topological polar surface area (TPSA) is 132 Å². The highest BCUT2D eigenvalue weighted by molar-refractivity contribution is 6.01.